The largest absolute Gasteiger partial charge is 0.303 e. The number of carbonyl (C=O) groups is 1. The predicted octanol–water partition coefficient (Wildman–Crippen LogP) is 0.0631. The zero-order valence-corrected chi connectivity index (χ0v) is 4.24. The summed E-state index contributed by atoms with van der Waals surface area (Å²) in [6, 6.07) is 0. The smallest absolute Gasteiger partial charge is 0.126 e. The van der Waals surface area contributed by atoms with Gasteiger partial charge in [-0.25, -0.2) is 10.3 Å². The van der Waals surface area contributed by atoms with Crippen LogP contribution in [0.5, 0.6) is 0 Å². The molecule has 0 saturated carbocycles. The first kappa shape index (κ1) is 5.03. The lowest BCUT2D eigenvalue weighted by Crippen LogP contribution is -1.96. The summed E-state index contributed by atoms with van der Waals surface area (Å²) in [4.78, 5) is 13.5. The average molecular weight is 109 g/mol. The topological polar surface area (TPSA) is 43.5 Å². The minimum absolute atomic E-state index is 0.375. The van der Waals surface area contributed by atoms with Crippen molar-refractivity contribution in [3.05, 3.63) is 11.9 Å². The van der Waals surface area contributed by atoms with Crippen LogP contribution in [0.1, 0.15) is 6.42 Å². The van der Waals surface area contributed by atoms with E-state index in [0.29, 0.717) is 6.42 Å². The Balaban J connectivity index is 2.39. The number of carbonyl (C=O) groups excluding carboxylic acids is 1. The monoisotopic (exact) mass is 109 g/mol. The summed E-state index contributed by atoms with van der Waals surface area (Å²) in [6.07, 6.45) is 4.19. The summed E-state index contributed by atoms with van der Waals surface area (Å²) in [5.41, 5.74) is 0.736. The quantitative estimate of drug-likeness (QED) is 0.462. The van der Waals surface area contributed by atoms with Gasteiger partial charge in [-0.15, -0.1) is 0 Å². The molecule has 3 nitrogen and oxygen atoms in total. The average Bonchev–Trinajstić information content (AvgIpc) is 2.19. The van der Waals surface area contributed by atoms with Crippen molar-refractivity contribution in [3.63, 3.8) is 0 Å². The minimum atomic E-state index is 0.375. The Morgan fingerprint density at radius 1 is 1.75 bits per heavy atom. The standard InChI is InChI=1S/C5H5N2O/c8-2-1-5-3-6-4-7-5/h2-4H,1H2. The maximum absolute atomic E-state index is 9.80. The summed E-state index contributed by atoms with van der Waals surface area (Å²) >= 11 is 0. The van der Waals surface area contributed by atoms with Gasteiger partial charge < -0.3 is 4.79 Å². The first-order valence-corrected chi connectivity index (χ1v) is 2.28. The van der Waals surface area contributed by atoms with Gasteiger partial charge in [-0.1, -0.05) is 0 Å². The van der Waals surface area contributed by atoms with Gasteiger partial charge in [0.15, 0.2) is 0 Å². The number of allylic oxidation sites excluding steroid dienone is 1. The van der Waals surface area contributed by atoms with Crippen LogP contribution >= 0.6 is 0 Å². The van der Waals surface area contributed by atoms with Crippen LogP contribution in [0.3, 0.4) is 0 Å². The van der Waals surface area contributed by atoms with Crippen molar-refractivity contribution in [2.45, 2.75) is 6.42 Å². The lowest BCUT2D eigenvalue weighted by atomic mass is 10.4. The van der Waals surface area contributed by atoms with Crippen LogP contribution in [0.2, 0.25) is 0 Å². The van der Waals surface area contributed by atoms with E-state index < -0.39 is 0 Å². The summed E-state index contributed by atoms with van der Waals surface area (Å²) in [5, 5.41) is 3.76. The molecule has 0 fully saturated rings. The molecule has 0 aromatic heterocycles. The summed E-state index contributed by atoms with van der Waals surface area (Å²) in [6.45, 7) is 0. The molecule has 1 rings (SSSR count). The molecule has 0 aromatic carbocycles. The summed E-state index contributed by atoms with van der Waals surface area (Å²) < 4.78 is 0. The molecule has 1 aliphatic heterocycles. The molecule has 0 bridgehead atoms. The van der Waals surface area contributed by atoms with Crippen LogP contribution in [-0.4, -0.2) is 12.6 Å². The van der Waals surface area contributed by atoms with Crippen LogP contribution in [0.15, 0.2) is 16.9 Å². The van der Waals surface area contributed by atoms with E-state index >= 15 is 0 Å². The molecule has 1 radical (unpaired) electrons. The first-order chi connectivity index (χ1) is 3.93. The molecule has 0 unspecified atom stereocenters. The molecule has 1 heterocycles. The van der Waals surface area contributed by atoms with Crippen LogP contribution < -0.4 is 5.32 Å². The Labute approximate surface area is 47.1 Å². The zero-order valence-electron chi connectivity index (χ0n) is 4.24. The van der Waals surface area contributed by atoms with Gasteiger partial charge in [0.2, 0.25) is 0 Å². The number of nitrogens with zero attached hydrogens (tertiary/aromatic N) is 2. The van der Waals surface area contributed by atoms with Gasteiger partial charge in [-0.3, -0.25) is 0 Å². The third-order valence-electron chi connectivity index (χ3n) is 0.806. The molecule has 0 atom stereocenters. The van der Waals surface area contributed by atoms with Gasteiger partial charge in [0.1, 0.15) is 12.6 Å². The van der Waals surface area contributed by atoms with Gasteiger partial charge >= 0.3 is 0 Å². The fourth-order valence-corrected chi connectivity index (χ4v) is 0.451. The van der Waals surface area contributed by atoms with Gasteiger partial charge in [-0.05, 0) is 0 Å². The predicted molar refractivity (Wildman–Crippen MR) is 29.4 cm³/mol. The van der Waals surface area contributed by atoms with Gasteiger partial charge in [-0.2, -0.15) is 0 Å². The van der Waals surface area contributed by atoms with E-state index in [1.165, 1.54) is 6.34 Å². The molecule has 0 amide bonds. The number of hydrogen-bond acceptors (Lipinski definition) is 2. The number of aliphatic imine (C=N–C) groups is 1. The normalized spacial score (nSPS) is 15.2. The Morgan fingerprint density at radius 2 is 2.62 bits per heavy atom. The molecule has 3 heteroatoms. The lowest BCUT2D eigenvalue weighted by molar-refractivity contribution is -0.107. The second kappa shape index (κ2) is 2.26. The fraction of sp³-hybridized carbons (Fsp3) is 0.200. The van der Waals surface area contributed by atoms with E-state index in [1.807, 2.05) is 0 Å². The van der Waals surface area contributed by atoms with E-state index in [0.717, 1.165) is 12.0 Å². The van der Waals surface area contributed by atoms with Crippen molar-refractivity contribution in [1.82, 2.24) is 5.32 Å². The van der Waals surface area contributed by atoms with E-state index in [1.54, 1.807) is 6.20 Å². The highest BCUT2D eigenvalue weighted by Gasteiger charge is 1.97. The highest BCUT2D eigenvalue weighted by Crippen LogP contribution is 1.98. The Morgan fingerprint density at radius 3 is 3.12 bits per heavy atom. The molecule has 1 aliphatic rings. The van der Waals surface area contributed by atoms with E-state index in [-0.39, 0.29) is 0 Å². The van der Waals surface area contributed by atoms with Crippen molar-refractivity contribution < 1.29 is 4.79 Å². The van der Waals surface area contributed by atoms with Crippen molar-refractivity contribution in [2.75, 3.05) is 0 Å². The van der Waals surface area contributed by atoms with Gasteiger partial charge in [0, 0.05) is 6.42 Å². The Bertz CT molecular complexity index is 149. The molecule has 41 valence electrons. The molecule has 8 heavy (non-hydrogen) atoms. The Kier molecular flexibility index (Phi) is 1.42. The molecule has 0 aliphatic carbocycles. The molecular formula is C5H5N2O. The second-order valence-corrected chi connectivity index (χ2v) is 1.38. The fourth-order valence-electron chi connectivity index (χ4n) is 0.451. The van der Waals surface area contributed by atoms with Crippen molar-refractivity contribution in [2.24, 2.45) is 4.99 Å². The van der Waals surface area contributed by atoms with Gasteiger partial charge in [0.05, 0.1) is 11.9 Å². The van der Waals surface area contributed by atoms with E-state index in [9.17, 15) is 4.79 Å². The third-order valence-corrected chi connectivity index (χ3v) is 0.806. The zero-order chi connectivity index (χ0) is 5.82. The van der Waals surface area contributed by atoms with Crippen LogP contribution in [0.4, 0.5) is 0 Å². The molecule has 0 saturated heterocycles. The number of hydrogen-bond donors (Lipinski definition) is 0. The van der Waals surface area contributed by atoms with Crippen molar-refractivity contribution in [1.29, 1.82) is 0 Å². The molecular weight excluding hydrogens is 104 g/mol. The van der Waals surface area contributed by atoms with E-state index in [4.69, 9.17) is 0 Å². The van der Waals surface area contributed by atoms with Crippen molar-refractivity contribution in [3.8, 4) is 0 Å². The highest BCUT2D eigenvalue weighted by molar-refractivity contribution is 5.65. The SMILES string of the molecule is O=CCC1=CN=C[N]1. The first-order valence-electron chi connectivity index (χ1n) is 2.28. The van der Waals surface area contributed by atoms with Gasteiger partial charge in [0.25, 0.3) is 0 Å². The van der Waals surface area contributed by atoms with Crippen LogP contribution in [0.25, 0.3) is 0 Å². The lowest BCUT2D eigenvalue weighted by Gasteiger charge is -1.86. The second-order valence-electron chi connectivity index (χ2n) is 1.38. The third kappa shape index (κ3) is 0.932. The number of rotatable bonds is 2. The van der Waals surface area contributed by atoms with E-state index in [2.05, 4.69) is 10.3 Å². The summed E-state index contributed by atoms with van der Waals surface area (Å²) in [7, 11) is 0. The maximum Gasteiger partial charge on any atom is 0.126 e. The van der Waals surface area contributed by atoms with Crippen LogP contribution in [-0.2, 0) is 4.79 Å². The molecule has 0 aromatic rings. The number of aldehydes is 1. The highest BCUT2D eigenvalue weighted by atomic mass is 16.1. The van der Waals surface area contributed by atoms with Crippen LogP contribution in [0, 0.1) is 0 Å². The minimum Gasteiger partial charge on any atom is -0.303 e. The molecule has 0 spiro atoms. The molecule has 0 N–H and O–H groups in total. The summed E-state index contributed by atoms with van der Waals surface area (Å²) in [5.74, 6) is 0. The Hall–Kier alpha value is -1.12. The maximum atomic E-state index is 9.80. The van der Waals surface area contributed by atoms with Crippen molar-refractivity contribution >= 4 is 12.6 Å².